The lowest BCUT2D eigenvalue weighted by molar-refractivity contribution is 0.960. The Bertz CT molecular complexity index is 425. The van der Waals surface area contributed by atoms with Crippen LogP contribution in [0.3, 0.4) is 0 Å². The summed E-state index contributed by atoms with van der Waals surface area (Å²) in [6, 6.07) is 12.1. The zero-order valence-corrected chi connectivity index (χ0v) is 11.0. The number of benzene rings is 1. The number of halogens is 1. The average Bonchev–Trinajstić information content (AvgIpc) is 2.82. The molecule has 1 atom stereocenters. The van der Waals surface area contributed by atoms with Crippen LogP contribution in [0.25, 0.3) is 0 Å². The largest absolute Gasteiger partial charge is 0.329 e. The van der Waals surface area contributed by atoms with Crippen LogP contribution in [0.15, 0.2) is 46.7 Å². The fourth-order valence-corrected chi connectivity index (χ4v) is 3.44. The van der Waals surface area contributed by atoms with Gasteiger partial charge in [0.25, 0.3) is 0 Å². The molecular formula is C12H12ClNS2. The maximum Gasteiger partial charge on any atom is 0.0560 e. The van der Waals surface area contributed by atoms with E-state index in [2.05, 4.69) is 17.5 Å². The van der Waals surface area contributed by atoms with Gasteiger partial charge in [-0.3, -0.25) is 0 Å². The van der Waals surface area contributed by atoms with Gasteiger partial charge in [0.2, 0.25) is 0 Å². The molecule has 4 heteroatoms. The van der Waals surface area contributed by atoms with Crippen molar-refractivity contribution in [2.24, 2.45) is 5.73 Å². The number of hydrogen-bond acceptors (Lipinski definition) is 3. The molecule has 84 valence electrons. The standard InChI is InChI=1S/C12H12ClNS2/c13-9-3-5-10(6-4-9)16-12(8-14)11-2-1-7-15-11/h1-7,12H,8,14H2. The molecule has 2 rings (SSSR count). The van der Waals surface area contributed by atoms with Gasteiger partial charge in [0.15, 0.2) is 0 Å². The summed E-state index contributed by atoms with van der Waals surface area (Å²) in [7, 11) is 0. The van der Waals surface area contributed by atoms with E-state index < -0.39 is 0 Å². The number of thioether (sulfide) groups is 1. The molecule has 16 heavy (non-hydrogen) atoms. The van der Waals surface area contributed by atoms with E-state index in [4.69, 9.17) is 17.3 Å². The predicted octanol–water partition coefficient (Wildman–Crippen LogP) is 4.19. The topological polar surface area (TPSA) is 26.0 Å². The number of nitrogens with two attached hydrogens (primary N) is 1. The second-order valence-electron chi connectivity index (χ2n) is 3.31. The molecule has 0 spiro atoms. The highest BCUT2D eigenvalue weighted by molar-refractivity contribution is 7.99. The van der Waals surface area contributed by atoms with Crippen molar-refractivity contribution < 1.29 is 0 Å². The summed E-state index contributed by atoms with van der Waals surface area (Å²) >= 11 is 9.38. The molecule has 0 aliphatic heterocycles. The van der Waals surface area contributed by atoms with Crippen LogP contribution in [-0.2, 0) is 0 Å². The lowest BCUT2D eigenvalue weighted by Crippen LogP contribution is -2.07. The molecule has 0 fully saturated rings. The van der Waals surface area contributed by atoms with Crippen LogP contribution in [0, 0.1) is 0 Å². The molecule has 1 unspecified atom stereocenters. The van der Waals surface area contributed by atoms with Crippen LogP contribution >= 0.6 is 34.7 Å². The van der Waals surface area contributed by atoms with Crippen LogP contribution in [0.2, 0.25) is 5.02 Å². The first kappa shape index (κ1) is 12.0. The summed E-state index contributed by atoms with van der Waals surface area (Å²) < 4.78 is 0. The Kier molecular flexibility index (Phi) is 4.29. The average molecular weight is 270 g/mol. The molecule has 1 nitrogen and oxygen atoms in total. The Morgan fingerprint density at radius 3 is 2.56 bits per heavy atom. The van der Waals surface area contributed by atoms with Crippen LogP contribution in [0.4, 0.5) is 0 Å². The third-order valence-electron chi connectivity index (χ3n) is 2.17. The van der Waals surface area contributed by atoms with Crippen molar-refractivity contribution in [3.8, 4) is 0 Å². The van der Waals surface area contributed by atoms with Gasteiger partial charge < -0.3 is 5.73 Å². The first-order chi connectivity index (χ1) is 7.79. The molecule has 0 aliphatic rings. The van der Waals surface area contributed by atoms with Crippen molar-refractivity contribution in [2.45, 2.75) is 10.1 Å². The van der Waals surface area contributed by atoms with Gasteiger partial charge in [0.1, 0.15) is 0 Å². The van der Waals surface area contributed by atoms with Gasteiger partial charge in [-0.05, 0) is 35.7 Å². The quantitative estimate of drug-likeness (QED) is 0.842. The molecule has 1 heterocycles. The monoisotopic (exact) mass is 269 g/mol. The highest BCUT2D eigenvalue weighted by Gasteiger charge is 2.11. The summed E-state index contributed by atoms with van der Waals surface area (Å²) in [5.41, 5.74) is 5.80. The summed E-state index contributed by atoms with van der Waals surface area (Å²) in [5.74, 6) is 0. The Morgan fingerprint density at radius 1 is 1.25 bits per heavy atom. The van der Waals surface area contributed by atoms with Crippen molar-refractivity contribution in [2.75, 3.05) is 6.54 Å². The minimum atomic E-state index is 0.334. The van der Waals surface area contributed by atoms with Crippen molar-refractivity contribution in [3.63, 3.8) is 0 Å². The van der Waals surface area contributed by atoms with E-state index in [1.165, 1.54) is 9.77 Å². The first-order valence-corrected chi connectivity index (χ1v) is 7.09. The van der Waals surface area contributed by atoms with Gasteiger partial charge in [-0.1, -0.05) is 17.7 Å². The third-order valence-corrected chi connectivity index (χ3v) is 4.83. The fraction of sp³-hybridized carbons (Fsp3) is 0.167. The molecule has 2 aromatic rings. The van der Waals surface area contributed by atoms with E-state index in [1.807, 2.05) is 24.3 Å². The van der Waals surface area contributed by atoms with Crippen molar-refractivity contribution in [1.82, 2.24) is 0 Å². The fourth-order valence-electron chi connectivity index (χ4n) is 1.37. The highest BCUT2D eigenvalue weighted by Crippen LogP contribution is 2.36. The van der Waals surface area contributed by atoms with Crippen molar-refractivity contribution in [3.05, 3.63) is 51.7 Å². The van der Waals surface area contributed by atoms with Crippen molar-refractivity contribution in [1.29, 1.82) is 0 Å². The number of thiophene rings is 1. The van der Waals surface area contributed by atoms with Gasteiger partial charge in [-0.2, -0.15) is 0 Å². The Labute approximate surface area is 109 Å². The van der Waals surface area contributed by atoms with Gasteiger partial charge >= 0.3 is 0 Å². The Morgan fingerprint density at radius 2 is 2.00 bits per heavy atom. The van der Waals surface area contributed by atoms with Crippen molar-refractivity contribution >= 4 is 34.7 Å². The molecule has 0 aliphatic carbocycles. The van der Waals surface area contributed by atoms with Gasteiger partial charge in [-0.15, -0.1) is 23.1 Å². The molecule has 0 saturated heterocycles. The number of rotatable bonds is 4. The Hall–Kier alpha value is -0.480. The lowest BCUT2D eigenvalue weighted by Gasteiger charge is -2.12. The smallest absolute Gasteiger partial charge is 0.0560 e. The minimum Gasteiger partial charge on any atom is -0.329 e. The maximum atomic E-state index is 5.85. The Balaban J connectivity index is 2.10. The van der Waals surface area contributed by atoms with Crippen LogP contribution in [0.1, 0.15) is 10.1 Å². The summed E-state index contributed by atoms with van der Waals surface area (Å²) in [5, 5.41) is 3.19. The van der Waals surface area contributed by atoms with Crippen LogP contribution in [-0.4, -0.2) is 6.54 Å². The summed E-state index contributed by atoms with van der Waals surface area (Å²) in [4.78, 5) is 2.52. The summed E-state index contributed by atoms with van der Waals surface area (Å²) in [6.07, 6.45) is 0. The maximum absolute atomic E-state index is 5.85. The molecule has 0 amide bonds. The zero-order chi connectivity index (χ0) is 11.4. The molecule has 0 bridgehead atoms. The van der Waals surface area contributed by atoms with Gasteiger partial charge in [0.05, 0.1) is 5.25 Å². The normalized spacial score (nSPS) is 12.6. The van der Waals surface area contributed by atoms with Crippen LogP contribution < -0.4 is 5.73 Å². The summed E-state index contributed by atoms with van der Waals surface area (Å²) in [6.45, 7) is 0.647. The predicted molar refractivity (Wildman–Crippen MR) is 73.4 cm³/mol. The van der Waals surface area contributed by atoms with E-state index in [0.29, 0.717) is 11.8 Å². The lowest BCUT2D eigenvalue weighted by atomic mass is 10.3. The molecule has 1 aromatic heterocycles. The third kappa shape index (κ3) is 3.01. The SMILES string of the molecule is NCC(Sc1ccc(Cl)cc1)c1cccs1. The van der Waals surface area contributed by atoms with E-state index in [9.17, 15) is 0 Å². The van der Waals surface area contributed by atoms with Crippen LogP contribution in [0.5, 0.6) is 0 Å². The van der Waals surface area contributed by atoms with Gasteiger partial charge in [-0.25, -0.2) is 0 Å². The first-order valence-electron chi connectivity index (χ1n) is 4.95. The highest BCUT2D eigenvalue weighted by atomic mass is 35.5. The van der Waals surface area contributed by atoms with E-state index in [0.717, 1.165) is 5.02 Å². The second-order valence-corrected chi connectivity index (χ2v) is 6.00. The zero-order valence-electron chi connectivity index (χ0n) is 8.60. The second kappa shape index (κ2) is 5.73. The molecule has 1 aromatic carbocycles. The van der Waals surface area contributed by atoms with E-state index >= 15 is 0 Å². The van der Waals surface area contributed by atoms with Gasteiger partial charge in [0, 0.05) is 21.3 Å². The molecule has 0 saturated carbocycles. The van der Waals surface area contributed by atoms with E-state index in [-0.39, 0.29) is 0 Å². The number of hydrogen-bond donors (Lipinski definition) is 1. The molecular weight excluding hydrogens is 258 g/mol. The van der Waals surface area contributed by atoms with E-state index in [1.54, 1.807) is 23.1 Å². The minimum absolute atomic E-state index is 0.334. The molecule has 2 N–H and O–H groups in total. The molecule has 0 radical (unpaired) electrons.